The number of carbonyl (C=O) groups is 2. The Kier molecular flexibility index (Phi) is 40.3. The van der Waals surface area contributed by atoms with Crippen LogP contribution in [0.3, 0.4) is 0 Å². The van der Waals surface area contributed by atoms with Crippen molar-refractivity contribution in [2.24, 2.45) is 0 Å². The van der Waals surface area contributed by atoms with Gasteiger partial charge in [0, 0.05) is 12.8 Å². The summed E-state index contributed by atoms with van der Waals surface area (Å²) in [6.45, 7) is 7.66. The maximum atomic E-state index is 13.0. The molecule has 53 heavy (non-hydrogen) atoms. The van der Waals surface area contributed by atoms with Crippen LogP contribution in [0.5, 0.6) is 0 Å². The summed E-state index contributed by atoms with van der Waals surface area (Å²) in [4.78, 5) is 28.2. The van der Waals surface area contributed by atoms with Crippen LogP contribution in [0.15, 0.2) is 24.3 Å². The van der Waals surface area contributed by atoms with E-state index in [2.05, 4.69) is 64.1 Å². The number of allylic oxidation sites excluding steroid dienone is 4. The van der Waals surface area contributed by atoms with E-state index in [1.54, 1.807) is 0 Å². The molecule has 0 amide bonds. The molecule has 0 rings (SSSR count). The second-order valence-corrected chi connectivity index (χ2v) is 16.2. The highest BCUT2D eigenvalue weighted by molar-refractivity contribution is 5.70. The molecule has 0 radical (unpaired) electrons. The van der Waals surface area contributed by atoms with Crippen molar-refractivity contribution in [3.05, 3.63) is 24.3 Å². The predicted molar refractivity (Wildman–Crippen MR) is 231 cm³/mol. The molecule has 0 spiro atoms. The van der Waals surface area contributed by atoms with E-state index < -0.39 is 0 Å². The number of nitrogens with zero attached hydrogens (tertiary/aromatic N) is 1. The van der Waals surface area contributed by atoms with Gasteiger partial charge in [-0.3, -0.25) is 9.59 Å². The van der Waals surface area contributed by atoms with Gasteiger partial charge in [0.15, 0.2) is 0 Å². The van der Waals surface area contributed by atoms with Crippen molar-refractivity contribution in [3.63, 3.8) is 0 Å². The second kappa shape index (κ2) is 41.5. The third-order valence-electron chi connectivity index (χ3n) is 10.5. The molecule has 0 aliphatic carbocycles. The average Bonchev–Trinajstić information content (AvgIpc) is 3.14. The number of hydrogen-bond donors (Lipinski definition) is 0. The minimum Gasteiger partial charge on any atom is -0.458 e. The molecular formula is C48H91NO4. The zero-order chi connectivity index (χ0) is 38.9. The molecule has 0 aliphatic rings. The van der Waals surface area contributed by atoms with Crippen molar-refractivity contribution >= 4 is 11.9 Å². The smallest absolute Gasteiger partial charge is 0.306 e. The van der Waals surface area contributed by atoms with Crippen LogP contribution < -0.4 is 0 Å². The maximum absolute atomic E-state index is 13.0. The van der Waals surface area contributed by atoms with E-state index in [0.29, 0.717) is 12.8 Å². The molecule has 0 aliphatic heterocycles. The first-order chi connectivity index (χ1) is 25.9. The van der Waals surface area contributed by atoms with Crippen LogP contribution in [0, 0.1) is 0 Å². The van der Waals surface area contributed by atoms with Gasteiger partial charge in [0.2, 0.25) is 0 Å². The van der Waals surface area contributed by atoms with Crippen molar-refractivity contribution in [3.8, 4) is 0 Å². The number of unbranched alkanes of at least 4 members (excludes halogenated alkanes) is 24. The van der Waals surface area contributed by atoms with Gasteiger partial charge in [0.05, 0.1) is 0 Å². The highest BCUT2D eigenvalue weighted by Gasteiger charge is 2.28. The summed E-state index contributed by atoms with van der Waals surface area (Å²) in [6.07, 6.45) is 47.5. The van der Waals surface area contributed by atoms with E-state index in [1.807, 2.05) is 0 Å². The fourth-order valence-electron chi connectivity index (χ4n) is 6.98. The van der Waals surface area contributed by atoms with Gasteiger partial charge < -0.3 is 14.4 Å². The van der Waals surface area contributed by atoms with E-state index in [0.717, 1.165) is 70.8 Å². The number of esters is 2. The van der Waals surface area contributed by atoms with E-state index >= 15 is 0 Å². The molecule has 0 aromatic rings. The fraction of sp³-hybridized carbons (Fsp3) is 0.875. The van der Waals surface area contributed by atoms with Gasteiger partial charge >= 0.3 is 11.9 Å². The summed E-state index contributed by atoms with van der Waals surface area (Å²) < 4.78 is 12.3. The Labute approximate surface area is 331 Å². The van der Waals surface area contributed by atoms with Crippen molar-refractivity contribution in [2.75, 3.05) is 20.6 Å². The first-order valence-corrected chi connectivity index (χ1v) is 23.3. The van der Waals surface area contributed by atoms with Crippen LogP contribution in [0.2, 0.25) is 0 Å². The van der Waals surface area contributed by atoms with Crippen LogP contribution >= 0.6 is 0 Å². The lowest BCUT2D eigenvalue weighted by Gasteiger charge is -2.28. The SMILES string of the molecule is CCCCCCCC/C=C\CCCCCCCC(=O)O[C@@H](CCCN(C)C)[C@@H](CCCCC)OC(=O)CCCCCCC/C=C\CCCCCCCC. The molecule has 0 fully saturated rings. The summed E-state index contributed by atoms with van der Waals surface area (Å²) >= 11 is 0. The zero-order valence-corrected chi connectivity index (χ0v) is 36.3. The maximum Gasteiger partial charge on any atom is 0.306 e. The highest BCUT2D eigenvalue weighted by Crippen LogP contribution is 2.21. The summed E-state index contributed by atoms with van der Waals surface area (Å²) in [6, 6.07) is 0. The number of carbonyl (C=O) groups excluding carboxylic acids is 2. The third-order valence-corrected chi connectivity index (χ3v) is 10.5. The van der Waals surface area contributed by atoms with E-state index in [9.17, 15) is 9.59 Å². The average molecular weight is 746 g/mol. The van der Waals surface area contributed by atoms with Crippen molar-refractivity contribution in [1.29, 1.82) is 0 Å². The Hall–Kier alpha value is -1.62. The van der Waals surface area contributed by atoms with Crippen LogP contribution in [-0.2, 0) is 19.1 Å². The van der Waals surface area contributed by atoms with Crippen LogP contribution in [0.4, 0.5) is 0 Å². The molecule has 0 aromatic heterocycles. The molecule has 0 unspecified atom stereocenters. The van der Waals surface area contributed by atoms with Gasteiger partial charge in [-0.2, -0.15) is 0 Å². The van der Waals surface area contributed by atoms with Crippen molar-refractivity contribution < 1.29 is 19.1 Å². The second-order valence-electron chi connectivity index (χ2n) is 16.2. The summed E-state index contributed by atoms with van der Waals surface area (Å²) in [5, 5.41) is 0. The van der Waals surface area contributed by atoms with Crippen LogP contribution in [-0.4, -0.2) is 49.7 Å². The van der Waals surface area contributed by atoms with Crippen molar-refractivity contribution in [2.45, 2.75) is 251 Å². The third kappa shape index (κ3) is 38.4. The lowest BCUT2D eigenvalue weighted by atomic mass is 10.0. The van der Waals surface area contributed by atoms with Gasteiger partial charge in [0.25, 0.3) is 0 Å². The predicted octanol–water partition coefficient (Wildman–Crippen LogP) is 14.8. The quantitative estimate of drug-likeness (QED) is 0.0354. The monoisotopic (exact) mass is 746 g/mol. The van der Waals surface area contributed by atoms with Gasteiger partial charge in [-0.15, -0.1) is 0 Å². The minimum absolute atomic E-state index is 0.130. The molecule has 0 heterocycles. The van der Waals surface area contributed by atoms with Crippen LogP contribution in [0.1, 0.15) is 239 Å². The minimum atomic E-state index is -0.361. The Morgan fingerprint density at radius 1 is 0.415 bits per heavy atom. The lowest BCUT2D eigenvalue weighted by Crippen LogP contribution is -2.36. The summed E-state index contributed by atoms with van der Waals surface area (Å²) in [5.41, 5.74) is 0. The highest BCUT2D eigenvalue weighted by atomic mass is 16.6. The summed E-state index contributed by atoms with van der Waals surface area (Å²) in [7, 11) is 4.14. The Morgan fingerprint density at radius 3 is 1.08 bits per heavy atom. The Bertz CT molecular complexity index is 837. The molecule has 0 N–H and O–H groups in total. The normalized spacial score (nSPS) is 13.0. The summed E-state index contributed by atoms with van der Waals surface area (Å²) in [5.74, 6) is -0.263. The van der Waals surface area contributed by atoms with Gasteiger partial charge in [0.1, 0.15) is 12.2 Å². The first kappa shape index (κ1) is 51.4. The Balaban J connectivity index is 4.49. The first-order valence-electron chi connectivity index (χ1n) is 23.3. The largest absolute Gasteiger partial charge is 0.458 e. The number of hydrogen-bond acceptors (Lipinski definition) is 5. The molecule has 0 saturated carbocycles. The van der Waals surface area contributed by atoms with E-state index in [4.69, 9.17) is 9.47 Å². The van der Waals surface area contributed by atoms with Gasteiger partial charge in [-0.25, -0.2) is 0 Å². The molecule has 5 heteroatoms. The molecule has 312 valence electrons. The topological polar surface area (TPSA) is 55.8 Å². The lowest BCUT2D eigenvalue weighted by molar-refractivity contribution is -0.169. The fourth-order valence-corrected chi connectivity index (χ4v) is 6.98. The van der Waals surface area contributed by atoms with E-state index in [-0.39, 0.29) is 24.1 Å². The van der Waals surface area contributed by atoms with Crippen LogP contribution in [0.25, 0.3) is 0 Å². The number of rotatable bonds is 41. The molecule has 5 nitrogen and oxygen atoms in total. The number of ether oxygens (including phenoxy) is 2. The van der Waals surface area contributed by atoms with Crippen molar-refractivity contribution in [1.82, 2.24) is 4.90 Å². The zero-order valence-electron chi connectivity index (χ0n) is 36.3. The van der Waals surface area contributed by atoms with E-state index in [1.165, 1.54) is 141 Å². The van der Waals surface area contributed by atoms with Gasteiger partial charge in [-0.1, -0.05) is 161 Å². The van der Waals surface area contributed by atoms with Gasteiger partial charge in [-0.05, 0) is 111 Å². The standard InChI is InChI=1S/C48H91NO4/c1-6-9-12-14-16-18-20-22-24-26-28-30-32-34-37-42-47(50)52-45(40-36-11-8-3)46(41-39-44-49(4)5)53-48(51)43-38-35-33-31-29-27-25-23-21-19-17-15-13-10-7-2/h22-25,45-46H,6-21,26-44H2,1-5H3/b24-22-,25-23-/t45-,46+/m1/s1. The molecular weight excluding hydrogens is 655 g/mol. The molecule has 0 saturated heterocycles. The molecule has 0 aromatic carbocycles. The Morgan fingerprint density at radius 2 is 0.717 bits per heavy atom. The molecule has 2 atom stereocenters. The molecule has 0 bridgehead atoms.